The Morgan fingerprint density at radius 3 is 1.16 bits per heavy atom. The van der Waals surface area contributed by atoms with Crippen LogP contribution in [0.25, 0.3) is 33.0 Å². The molecule has 0 saturated carbocycles. The van der Waals surface area contributed by atoms with Crippen molar-refractivity contribution in [2.24, 2.45) is 11.8 Å². The number of para-hydroxylation sites is 2. The number of aromatic nitrogens is 2. The fourth-order valence-corrected chi connectivity index (χ4v) is 11.4. The second-order valence-electron chi connectivity index (χ2n) is 18.9. The number of amides is 4. The van der Waals surface area contributed by atoms with Gasteiger partial charge in [0, 0.05) is 70.5 Å². The van der Waals surface area contributed by atoms with Gasteiger partial charge in [-0.15, -0.1) is 0 Å². The fraction of sp³-hybridized carbons (Fsp3) is 0.538. The van der Waals surface area contributed by atoms with Gasteiger partial charge in [-0.05, 0) is 75.3 Å². The van der Waals surface area contributed by atoms with Gasteiger partial charge in [0.2, 0.25) is 0 Å². The van der Waals surface area contributed by atoms with Gasteiger partial charge < -0.3 is 19.8 Å². The van der Waals surface area contributed by atoms with Gasteiger partial charge in [0.25, 0.3) is 23.6 Å². The summed E-state index contributed by atoms with van der Waals surface area (Å²) >= 11 is 0. The lowest BCUT2D eigenvalue weighted by molar-refractivity contribution is -0.126. The molecule has 4 bridgehead atoms. The van der Waals surface area contributed by atoms with Gasteiger partial charge in [0.1, 0.15) is 11.4 Å². The lowest BCUT2D eigenvalue weighted by Gasteiger charge is -2.34. The molecule has 10 heteroatoms. The Balaban J connectivity index is 0.880. The average Bonchev–Trinajstić information content (AvgIpc) is 4.00. The number of aromatic amines is 2. The minimum Gasteiger partial charge on any atom is -0.366 e. The zero-order valence-electron chi connectivity index (χ0n) is 36.7. The molecule has 0 aliphatic carbocycles. The van der Waals surface area contributed by atoms with Gasteiger partial charge in [-0.2, -0.15) is 0 Å². The van der Waals surface area contributed by atoms with E-state index in [-0.39, 0.29) is 23.6 Å². The lowest BCUT2D eigenvalue weighted by Crippen LogP contribution is -2.37. The van der Waals surface area contributed by atoms with E-state index >= 15 is 0 Å². The van der Waals surface area contributed by atoms with Crippen molar-refractivity contribution in [2.45, 2.75) is 141 Å². The van der Waals surface area contributed by atoms with Crippen molar-refractivity contribution in [3.8, 4) is 0 Å². The van der Waals surface area contributed by atoms with Gasteiger partial charge >= 0.3 is 0 Å². The second-order valence-corrected chi connectivity index (χ2v) is 18.9. The zero-order chi connectivity index (χ0) is 42.4. The quantitative estimate of drug-likeness (QED) is 0.131. The molecule has 62 heavy (non-hydrogen) atoms. The normalized spacial score (nSPS) is 23.6. The molecule has 7 aliphatic rings. The minimum absolute atomic E-state index is 0.252. The number of imide groups is 2. The third kappa shape index (κ3) is 9.02. The average molecular weight is 839 g/mol. The number of H-pyrrole nitrogens is 2. The first-order chi connectivity index (χ1) is 30.4. The molecule has 4 N–H and O–H groups in total. The molecule has 2 aromatic heterocycles. The first-order valence-corrected chi connectivity index (χ1v) is 24.3. The summed E-state index contributed by atoms with van der Waals surface area (Å²) in [5.41, 5.74) is 8.28. The van der Waals surface area contributed by atoms with E-state index in [1.54, 1.807) is 0 Å². The number of aryl methyl sites for hydroxylation is 2. The van der Waals surface area contributed by atoms with Crippen LogP contribution in [0.1, 0.15) is 151 Å². The molecule has 4 aromatic rings. The highest BCUT2D eigenvalue weighted by Crippen LogP contribution is 2.39. The summed E-state index contributed by atoms with van der Waals surface area (Å²) in [6, 6.07) is 16.4. The van der Waals surface area contributed by atoms with Gasteiger partial charge in [-0.3, -0.25) is 29.8 Å². The van der Waals surface area contributed by atoms with E-state index in [2.05, 4.69) is 54.7 Å². The number of piperidine rings is 2. The number of carbonyl (C=O) groups excluding carboxylic acids is 4. The highest BCUT2D eigenvalue weighted by Gasteiger charge is 2.40. The van der Waals surface area contributed by atoms with Crippen LogP contribution in [0.2, 0.25) is 0 Å². The first-order valence-electron chi connectivity index (χ1n) is 24.3. The number of rotatable bonds is 0. The molecule has 0 spiro atoms. The highest BCUT2D eigenvalue weighted by atomic mass is 16.2. The first kappa shape index (κ1) is 42.2. The third-order valence-electron chi connectivity index (χ3n) is 14.8. The second kappa shape index (κ2) is 19.5. The SMILES string of the molecule is O=C1NC(=O)C2=C1c1c([nH]c3ccccc13)CCCCCCCCCCCCc1[nH]c3ccccc3c1C1=C(C(=O)NC1=O)N1CCC(CCCCCCC3CCN2CC3)CC1. The minimum atomic E-state index is -0.265. The molecule has 10 nitrogen and oxygen atoms in total. The Labute approximate surface area is 366 Å². The largest absolute Gasteiger partial charge is 0.366 e. The van der Waals surface area contributed by atoms with Crippen LogP contribution in [-0.2, 0) is 32.0 Å². The van der Waals surface area contributed by atoms with Gasteiger partial charge in [-0.25, -0.2) is 0 Å². The monoisotopic (exact) mass is 839 g/mol. The van der Waals surface area contributed by atoms with Crippen LogP contribution in [0.15, 0.2) is 59.9 Å². The van der Waals surface area contributed by atoms with Crippen LogP contribution in [0.3, 0.4) is 0 Å². The Bertz CT molecular complexity index is 2190. The summed E-state index contributed by atoms with van der Waals surface area (Å²) in [5.74, 6) is 0.254. The third-order valence-corrected chi connectivity index (χ3v) is 14.8. The van der Waals surface area contributed by atoms with Gasteiger partial charge in [0.05, 0.1) is 11.1 Å². The molecule has 9 heterocycles. The van der Waals surface area contributed by atoms with Crippen molar-refractivity contribution in [3.63, 3.8) is 0 Å². The molecule has 11 rings (SSSR count). The molecule has 4 amide bonds. The van der Waals surface area contributed by atoms with Crippen LogP contribution in [0.4, 0.5) is 0 Å². The predicted molar refractivity (Wildman–Crippen MR) is 247 cm³/mol. The maximum atomic E-state index is 13.6. The van der Waals surface area contributed by atoms with E-state index < -0.39 is 0 Å². The number of hydrogen-bond donors (Lipinski definition) is 4. The summed E-state index contributed by atoms with van der Waals surface area (Å²) < 4.78 is 0. The van der Waals surface area contributed by atoms with E-state index in [9.17, 15) is 19.2 Å². The molecular weight excluding hydrogens is 773 g/mol. The van der Waals surface area contributed by atoms with Crippen LogP contribution in [0.5, 0.6) is 0 Å². The van der Waals surface area contributed by atoms with E-state index in [1.807, 2.05) is 24.3 Å². The van der Waals surface area contributed by atoms with Crippen LogP contribution in [0, 0.1) is 11.8 Å². The molecule has 0 atom stereocenters. The molecule has 0 unspecified atom stereocenters. The Kier molecular flexibility index (Phi) is 13.3. The molecule has 2 saturated heterocycles. The number of nitrogens with one attached hydrogen (secondary N) is 4. The Morgan fingerprint density at radius 2 is 0.758 bits per heavy atom. The fourth-order valence-electron chi connectivity index (χ4n) is 11.4. The van der Waals surface area contributed by atoms with Gasteiger partial charge in [0.15, 0.2) is 0 Å². The van der Waals surface area contributed by atoms with Crippen LogP contribution in [-0.4, -0.2) is 69.6 Å². The summed E-state index contributed by atoms with van der Waals surface area (Å²) in [6.45, 7) is 3.21. The highest BCUT2D eigenvalue weighted by molar-refractivity contribution is 6.38. The van der Waals surface area contributed by atoms with E-state index in [0.29, 0.717) is 34.4 Å². The molecule has 2 fully saturated rings. The van der Waals surface area contributed by atoms with E-state index in [0.717, 1.165) is 135 Å². The van der Waals surface area contributed by atoms with Crippen molar-refractivity contribution in [1.29, 1.82) is 0 Å². The maximum absolute atomic E-state index is 13.6. The number of carbonyl (C=O) groups is 4. The van der Waals surface area contributed by atoms with E-state index in [4.69, 9.17) is 0 Å². The Morgan fingerprint density at radius 1 is 0.403 bits per heavy atom. The molecule has 328 valence electrons. The number of hydrogen-bond acceptors (Lipinski definition) is 6. The molecular formula is C52H66N6O4. The van der Waals surface area contributed by atoms with Crippen molar-refractivity contribution in [3.05, 3.63) is 82.4 Å². The van der Waals surface area contributed by atoms with E-state index in [1.165, 1.54) is 77.0 Å². The van der Waals surface area contributed by atoms with Crippen molar-refractivity contribution in [2.75, 3.05) is 26.2 Å². The smallest absolute Gasteiger partial charge is 0.275 e. The summed E-state index contributed by atoms with van der Waals surface area (Å²) in [6.07, 6.45) is 24.8. The molecule has 7 aliphatic heterocycles. The number of fused-ring (bicyclic) bond motifs is 4. The van der Waals surface area contributed by atoms with Crippen molar-refractivity contribution >= 4 is 56.6 Å². The summed E-state index contributed by atoms with van der Waals surface area (Å²) in [7, 11) is 0. The zero-order valence-corrected chi connectivity index (χ0v) is 36.7. The molecule has 2 aromatic carbocycles. The summed E-state index contributed by atoms with van der Waals surface area (Å²) in [5, 5.41) is 7.42. The lowest BCUT2D eigenvalue weighted by atomic mass is 9.88. The standard InChI is InChI=1S/C52H66N6O4/c59-49-45-43-37-21-15-17-23-39(37)53-41(43)25-13-7-5-3-1-2-4-6-8-14-26-42-44(38-22-16-18-24-40(38)54-42)46-48(52(62)56-50(46)60)58-33-29-36(30-34-58)20-12-10-9-11-19-35-27-31-57(32-28-35)47(45)51(61)55-49/h15-18,21-24,35-36,53-54H,1-14,19-20,25-34H2,(H,55,59,61)(H,56,60,62). The number of nitrogens with zero attached hydrogens (tertiary/aromatic N) is 2. The van der Waals surface area contributed by atoms with Crippen molar-refractivity contribution < 1.29 is 19.2 Å². The van der Waals surface area contributed by atoms with Gasteiger partial charge in [-0.1, -0.05) is 126 Å². The van der Waals surface area contributed by atoms with Crippen LogP contribution < -0.4 is 10.6 Å². The topological polar surface area (TPSA) is 130 Å². The summed E-state index contributed by atoms with van der Waals surface area (Å²) in [4.78, 5) is 65.9. The predicted octanol–water partition coefficient (Wildman–Crippen LogP) is 9.85. The molecule has 0 radical (unpaired) electrons. The number of benzene rings is 2. The Hall–Kier alpha value is -5.12. The maximum Gasteiger partial charge on any atom is 0.275 e. The van der Waals surface area contributed by atoms with Crippen LogP contribution >= 0.6 is 0 Å². The van der Waals surface area contributed by atoms with Crippen molar-refractivity contribution in [1.82, 2.24) is 30.4 Å².